The quantitative estimate of drug-likeness (QED) is 0.588. The Labute approximate surface area is 139 Å². The van der Waals surface area contributed by atoms with Crippen molar-refractivity contribution < 1.29 is 5.11 Å². The lowest BCUT2D eigenvalue weighted by molar-refractivity contribution is 0.221. The van der Waals surface area contributed by atoms with Gasteiger partial charge in [0.05, 0.1) is 0 Å². The Morgan fingerprint density at radius 2 is 1.95 bits per heavy atom. The average molecular weight is 440 g/mol. The molecule has 0 spiro atoms. The molecule has 0 aliphatic carbocycles. The van der Waals surface area contributed by atoms with E-state index in [1.54, 1.807) is 6.20 Å². The largest absolute Gasteiger partial charge is 0.384 e. The van der Waals surface area contributed by atoms with Crippen LogP contribution in [0.2, 0.25) is 0 Å². The molecule has 0 saturated carbocycles. The summed E-state index contributed by atoms with van der Waals surface area (Å²) in [5, 5.41) is 12.8. The van der Waals surface area contributed by atoms with Gasteiger partial charge in [-0.15, -0.1) is 0 Å². The molecule has 4 heteroatoms. The first-order valence-corrected chi connectivity index (χ1v) is 7.99. The van der Waals surface area contributed by atoms with E-state index in [1.807, 2.05) is 48.7 Å². The maximum atomic E-state index is 10.7. The van der Waals surface area contributed by atoms with Crippen molar-refractivity contribution in [1.82, 2.24) is 4.98 Å². The van der Waals surface area contributed by atoms with Crippen molar-refractivity contribution in [2.24, 2.45) is 0 Å². The fourth-order valence-corrected chi connectivity index (χ4v) is 3.26. The standard InChI is InChI=1S/C16H11BrINO/c17-15-5-4-11(18)8-14(15)16(20)13-3-1-2-10-9-19-7-6-12(10)13/h1-9,16,20H. The summed E-state index contributed by atoms with van der Waals surface area (Å²) in [6, 6.07) is 13.8. The van der Waals surface area contributed by atoms with Crippen LogP contribution in [0.15, 0.2) is 59.3 Å². The molecule has 100 valence electrons. The van der Waals surface area contributed by atoms with Gasteiger partial charge < -0.3 is 5.11 Å². The van der Waals surface area contributed by atoms with E-state index in [0.29, 0.717) is 0 Å². The Kier molecular flexibility index (Phi) is 4.05. The third-order valence-electron chi connectivity index (χ3n) is 3.26. The van der Waals surface area contributed by atoms with E-state index in [4.69, 9.17) is 0 Å². The van der Waals surface area contributed by atoms with Crippen LogP contribution in [0.4, 0.5) is 0 Å². The second-order valence-corrected chi connectivity index (χ2v) is 6.61. The average Bonchev–Trinajstić information content (AvgIpc) is 2.48. The minimum absolute atomic E-state index is 0.662. The first-order valence-electron chi connectivity index (χ1n) is 6.12. The molecule has 1 N–H and O–H groups in total. The molecule has 3 aromatic rings. The van der Waals surface area contributed by atoms with Crippen molar-refractivity contribution in [2.75, 3.05) is 0 Å². The number of aliphatic hydroxyl groups is 1. The van der Waals surface area contributed by atoms with Gasteiger partial charge in [-0.3, -0.25) is 4.98 Å². The van der Waals surface area contributed by atoms with Gasteiger partial charge in [-0.05, 0) is 57.8 Å². The number of nitrogens with zero attached hydrogens (tertiary/aromatic N) is 1. The van der Waals surface area contributed by atoms with Gasteiger partial charge in [0.25, 0.3) is 0 Å². The summed E-state index contributed by atoms with van der Waals surface area (Å²) >= 11 is 5.77. The van der Waals surface area contributed by atoms with Crippen LogP contribution in [0.25, 0.3) is 10.8 Å². The molecule has 0 aliphatic rings. The summed E-state index contributed by atoms with van der Waals surface area (Å²) in [6.07, 6.45) is 2.91. The van der Waals surface area contributed by atoms with Gasteiger partial charge in [0.15, 0.2) is 0 Å². The molecule has 0 saturated heterocycles. The van der Waals surface area contributed by atoms with Crippen molar-refractivity contribution in [3.8, 4) is 0 Å². The number of pyridine rings is 1. The van der Waals surface area contributed by atoms with E-state index in [2.05, 4.69) is 43.5 Å². The van der Waals surface area contributed by atoms with Crippen LogP contribution in [-0.4, -0.2) is 10.1 Å². The number of hydrogen-bond donors (Lipinski definition) is 1. The van der Waals surface area contributed by atoms with E-state index in [0.717, 1.165) is 29.9 Å². The van der Waals surface area contributed by atoms with E-state index < -0.39 is 6.10 Å². The van der Waals surface area contributed by atoms with Crippen molar-refractivity contribution in [1.29, 1.82) is 0 Å². The van der Waals surface area contributed by atoms with Gasteiger partial charge in [0.1, 0.15) is 6.10 Å². The molecule has 0 radical (unpaired) electrons. The summed E-state index contributed by atoms with van der Waals surface area (Å²) < 4.78 is 2.01. The van der Waals surface area contributed by atoms with Crippen LogP contribution in [0.3, 0.4) is 0 Å². The fraction of sp³-hybridized carbons (Fsp3) is 0.0625. The van der Waals surface area contributed by atoms with Gasteiger partial charge in [0.2, 0.25) is 0 Å². The third kappa shape index (κ3) is 2.60. The number of rotatable bonds is 2. The number of halogens is 2. The summed E-state index contributed by atoms with van der Waals surface area (Å²) in [5.41, 5.74) is 1.77. The molecule has 2 aromatic carbocycles. The Morgan fingerprint density at radius 1 is 1.10 bits per heavy atom. The molecule has 2 nitrogen and oxygen atoms in total. The van der Waals surface area contributed by atoms with E-state index in [1.165, 1.54) is 0 Å². The van der Waals surface area contributed by atoms with Crippen molar-refractivity contribution in [2.45, 2.75) is 6.10 Å². The number of fused-ring (bicyclic) bond motifs is 1. The van der Waals surface area contributed by atoms with Crippen LogP contribution in [0.5, 0.6) is 0 Å². The van der Waals surface area contributed by atoms with Crippen LogP contribution in [0, 0.1) is 3.57 Å². The third-order valence-corrected chi connectivity index (χ3v) is 4.65. The summed E-state index contributed by atoms with van der Waals surface area (Å²) in [4.78, 5) is 4.13. The minimum atomic E-state index is -0.662. The topological polar surface area (TPSA) is 33.1 Å². The highest BCUT2D eigenvalue weighted by Gasteiger charge is 2.16. The Balaban J connectivity index is 2.17. The molecular formula is C16H11BrINO. The summed E-state index contributed by atoms with van der Waals surface area (Å²) in [7, 11) is 0. The lowest BCUT2D eigenvalue weighted by atomic mass is 9.97. The molecule has 3 rings (SSSR count). The summed E-state index contributed by atoms with van der Waals surface area (Å²) in [5.74, 6) is 0. The second kappa shape index (κ2) is 5.79. The monoisotopic (exact) mass is 439 g/mol. The Hall–Kier alpha value is -0.980. The lowest BCUT2D eigenvalue weighted by Crippen LogP contribution is -2.02. The molecule has 1 atom stereocenters. The zero-order chi connectivity index (χ0) is 14.1. The molecule has 1 aromatic heterocycles. The molecule has 0 bridgehead atoms. The Bertz CT molecular complexity index is 770. The van der Waals surface area contributed by atoms with Gasteiger partial charge in [-0.2, -0.15) is 0 Å². The fourth-order valence-electron chi connectivity index (χ4n) is 2.28. The van der Waals surface area contributed by atoms with Crippen LogP contribution < -0.4 is 0 Å². The van der Waals surface area contributed by atoms with E-state index >= 15 is 0 Å². The van der Waals surface area contributed by atoms with Crippen molar-refractivity contribution in [3.63, 3.8) is 0 Å². The van der Waals surface area contributed by atoms with Gasteiger partial charge in [0, 0.05) is 31.4 Å². The first-order chi connectivity index (χ1) is 9.66. The smallest absolute Gasteiger partial charge is 0.106 e. The summed E-state index contributed by atoms with van der Waals surface area (Å²) in [6.45, 7) is 0. The zero-order valence-corrected chi connectivity index (χ0v) is 14.2. The number of aliphatic hydroxyl groups excluding tert-OH is 1. The van der Waals surface area contributed by atoms with E-state index in [-0.39, 0.29) is 0 Å². The second-order valence-electron chi connectivity index (χ2n) is 4.51. The highest BCUT2D eigenvalue weighted by molar-refractivity contribution is 14.1. The van der Waals surface area contributed by atoms with Gasteiger partial charge in [-0.1, -0.05) is 34.1 Å². The minimum Gasteiger partial charge on any atom is -0.384 e. The molecule has 1 heterocycles. The Morgan fingerprint density at radius 3 is 2.80 bits per heavy atom. The van der Waals surface area contributed by atoms with Gasteiger partial charge >= 0.3 is 0 Å². The number of aromatic nitrogens is 1. The molecular weight excluding hydrogens is 429 g/mol. The maximum Gasteiger partial charge on any atom is 0.106 e. The molecule has 1 unspecified atom stereocenters. The highest BCUT2D eigenvalue weighted by atomic mass is 127. The normalized spacial score (nSPS) is 12.6. The highest BCUT2D eigenvalue weighted by Crippen LogP contribution is 2.33. The van der Waals surface area contributed by atoms with Crippen LogP contribution in [-0.2, 0) is 0 Å². The lowest BCUT2D eigenvalue weighted by Gasteiger charge is -2.16. The van der Waals surface area contributed by atoms with Crippen LogP contribution in [0.1, 0.15) is 17.2 Å². The zero-order valence-electron chi connectivity index (χ0n) is 10.4. The number of hydrogen-bond acceptors (Lipinski definition) is 2. The van der Waals surface area contributed by atoms with Crippen LogP contribution >= 0.6 is 38.5 Å². The molecule has 0 fully saturated rings. The predicted molar refractivity (Wildman–Crippen MR) is 92.7 cm³/mol. The first kappa shape index (κ1) is 14.0. The SMILES string of the molecule is OC(c1cc(I)ccc1Br)c1cccc2cnccc12. The predicted octanol–water partition coefficient (Wildman–Crippen LogP) is 4.68. The van der Waals surface area contributed by atoms with E-state index in [9.17, 15) is 5.11 Å². The van der Waals surface area contributed by atoms with Gasteiger partial charge in [-0.25, -0.2) is 0 Å². The molecule has 0 aliphatic heterocycles. The van der Waals surface area contributed by atoms with Crippen molar-refractivity contribution >= 4 is 49.3 Å². The number of benzene rings is 2. The molecule has 0 amide bonds. The van der Waals surface area contributed by atoms with Crippen molar-refractivity contribution in [3.05, 3.63) is 74.0 Å². The maximum absolute atomic E-state index is 10.7. The molecule has 20 heavy (non-hydrogen) atoms.